The van der Waals surface area contributed by atoms with Crippen molar-refractivity contribution in [3.8, 4) is 0 Å². The van der Waals surface area contributed by atoms with Crippen molar-refractivity contribution >= 4 is 5.65 Å². The molecule has 0 amide bonds. The number of imidazole rings is 1. The Morgan fingerprint density at radius 2 is 2.16 bits per heavy atom. The van der Waals surface area contributed by atoms with Crippen LogP contribution in [0.5, 0.6) is 0 Å². The minimum Gasteiger partial charge on any atom is -0.389 e. The van der Waals surface area contributed by atoms with E-state index in [9.17, 15) is 5.11 Å². The molecule has 0 saturated heterocycles. The largest absolute Gasteiger partial charge is 0.389 e. The Morgan fingerprint density at radius 3 is 2.79 bits per heavy atom. The molecular formula is C15H23N3O. The molecule has 4 nitrogen and oxygen atoms in total. The van der Waals surface area contributed by atoms with Gasteiger partial charge in [-0.3, -0.25) is 4.90 Å². The zero-order valence-corrected chi connectivity index (χ0v) is 12.2. The molecule has 0 bridgehead atoms. The highest BCUT2D eigenvalue weighted by Gasteiger charge is 2.18. The van der Waals surface area contributed by atoms with Gasteiger partial charge in [0.2, 0.25) is 0 Å². The van der Waals surface area contributed by atoms with Crippen LogP contribution in [0.15, 0.2) is 24.5 Å². The molecule has 104 valence electrons. The first kappa shape index (κ1) is 14.0. The lowest BCUT2D eigenvalue weighted by molar-refractivity contribution is 0.0349. The summed E-state index contributed by atoms with van der Waals surface area (Å²) in [4.78, 5) is 6.66. The summed E-state index contributed by atoms with van der Waals surface area (Å²) in [6, 6.07) is 4.17. The number of hydrogen-bond donors (Lipinski definition) is 1. The van der Waals surface area contributed by atoms with Gasteiger partial charge in [0, 0.05) is 19.3 Å². The molecule has 0 spiro atoms. The van der Waals surface area contributed by atoms with Crippen LogP contribution < -0.4 is 0 Å². The first-order valence-corrected chi connectivity index (χ1v) is 6.76. The van der Waals surface area contributed by atoms with Crippen molar-refractivity contribution in [2.24, 2.45) is 0 Å². The van der Waals surface area contributed by atoms with E-state index in [0.717, 1.165) is 24.4 Å². The van der Waals surface area contributed by atoms with Crippen LogP contribution in [0, 0.1) is 6.92 Å². The molecule has 0 saturated carbocycles. The third-order valence-corrected chi connectivity index (χ3v) is 3.19. The molecule has 19 heavy (non-hydrogen) atoms. The molecule has 0 radical (unpaired) electrons. The fourth-order valence-corrected chi connectivity index (χ4v) is 2.31. The first-order chi connectivity index (χ1) is 8.89. The van der Waals surface area contributed by atoms with Crippen LogP contribution in [-0.2, 0) is 6.54 Å². The van der Waals surface area contributed by atoms with Gasteiger partial charge in [-0.15, -0.1) is 0 Å². The second kappa shape index (κ2) is 5.31. The Hall–Kier alpha value is -1.39. The number of rotatable bonds is 5. The van der Waals surface area contributed by atoms with Gasteiger partial charge in [-0.25, -0.2) is 4.98 Å². The quantitative estimate of drug-likeness (QED) is 0.897. The number of hydrogen-bond acceptors (Lipinski definition) is 3. The Labute approximate surface area is 114 Å². The average molecular weight is 261 g/mol. The summed E-state index contributed by atoms with van der Waals surface area (Å²) in [6.07, 6.45) is 3.98. The standard InChI is InChI=1S/C15H23N3O/c1-5-17(11-15(3,4)19)10-13-9-16-14-8-12(2)6-7-18(13)14/h6-9,19H,5,10-11H2,1-4H3. The lowest BCUT2D eigenvalue weighted by atomic mass is 10.1. The SMILES string of the molecule is CCN(Cc1cnc2cc(C)ccn12)CC(C)(C)O. The molecule has 0 unspecified atom stereocenters. The maximum absolute atomic E-state index is 9.93. The van der Waals surface area contributed by atoms with Gasteiger partial charge in [0.1, 0.15) is 5.65 Å². The van der Waals surface area contributed by atoms with Crippen LogP contribution in [0.2, 0.25) is 0 Å². The van der Waals surface area contributed by atoms with Crippen molar-refractivity contribution in [2.45, 2.75) is 39.8 Å². The second-order valence-electron chi connectivity index (χ2n) is 5.80. The van der Waals surface area contributed by atoms with Crippen molar-refractivity contribution in [1.29, 1.82) is 0 Å². The van der Waals surface area contributed by atoms with Gasteiger partial charge in [-0.05, 0) is 45.0 Å². The molecular weight excluding hydrogens is 238 g/mol. The van der Waals surface area contributed by atoms with Crippen LogP contribution in [0.1, 0.15) is 32.0 Å². The molecule has 0 aromatic carbocycles. The molecule has 2 rings (SSSR count). The van der Waals surface area contributed by atoms with Crippen molar-refractivity contribution in [3.05, 3.63) is 35.8 Å². The summed E-state index contributed by atoms with van der Waals surface area (Å²) in [5.74, 6) is 0. The van der Waals surface area contributed by atoms with E-state index in [1.54, 1.807) is 0 Å². The fraction of sp³-hybridized carbons (Fsp3) is 0.533. The van der Waals surface area contributed by atoms with Gasteiger partial charge in [-0.1, -0.05) is 6.92 Å². The first-order valence-electron chi connectivity index (χ1n) is 6.76. The van der Waals surface area contributed by atoms with Gasteiger partial charge < -0.3 is 9.51 Å². The number of fused-ring (bicyclic) bond motifs is 1. The monoisotopic (exact) mass is 261 g/mol. The predicted molar refractivity (Wildman–Crippen MR) is 77.2 cm³/mol. The van der Waals surface area contributed by atoms with E-state index in [0.29, 0.717) is 6.54 Å². The van der Waals surface area contributed by atoms with Crippen LogP contribution in [0.3, 0.4) is 0 Å². The Balaban J connectivity index is 2.20. The molecule has 0 aliphatic heterocycles. The van der Waals surface area contributed by atoms with E-state index < -0.39 is 5.60 Å². The highest BCUT2D eigenvalue weighted by molar-refractivity contribution is 5.42. The molecule has 4 heteroatoms. The topological polar surface area (TPSA) is 40.8 Å². The summed E-state index contributed by atoms with van der Waals surface area (Å²) in [5, 5.41) is 9.93. The molecule has 0 fully saturated rings. The normalized spacial score (nSPS) is 12.5. The zero-order valence-electron chi connectivity index (χ0n) is 12.2. The van der Waals surface area contributed by atoms with Crippen LogP contribution in [-0.4, -0.2) is 38.1 Å². The Bertz CT molecular complexity index is 554. The lowest BCUT2D eigenvalue weighted by Gasteiger charge is -2.27. The fourth-order valence-electron chi connectivity index (χ4n) is 2.31. The average Bonchev–Trinajstić information content (AvgIpc) is 2.69. The Morgan fingerprint density at radius 1 is 1.42 bits per heavy atom. The van der Waals surface area contributed by atoms with Crippen molar-refractivity contribution in [1.82, 2.24) is 14.3 Å². The molecule has 1 N–H and O–H groups in total. The molecule has 2 heterocycles. The minimum absolute atomic E-state index is 0.655. The highest BCUT2D eigenvalue weighted by atomic mass is 16.3. The molecule has 0 aliphatic carbocycles. The molecule has 2 aromatic rings. The van der Waals surface area contributed by atoms with Crippen LogP contribution in [0.25, 0.3) is 5.65 Å². The van der Waals surface area contributed by atoms with E-state index in [1.807, 2.05) is 20.0 Å². The number of aromatic nitrogens is 2. The number of aryl methyl sites for hydroxylation is 1. The summed E-state index contributed by atoms with van der Waals surface area (Å²) < 4.78 is 2.11. The summed E-state index contributed by atoms with van der Waals surface area (Å²) in [5.41, 5.74) is 2.68. The predicted octanol–water partition coefficient (Wildman–Crippen LogP) is 2.24. The van der Waals surface area contributed by atoms with E-state index >= 15 is 0 Å². The Kier molecular flexibility index (Phi) is 3.92. The summed E-state index contributed by atoms with van der Waals surface area (Å²) >= 11 is 0. The van der Waals surface area contributed by atoms with Crippen molar-refractivity contribution < 1.29 is 5.11 Å². The van der Waals surface area contributed by atoms with Gasteiger partial charge in [0.25, 0.3) is 0 Å². The highest BCUT2D eigenvalue weighted by Crippen LogP contribution is 2.13. The van der Waals surface area contributed by atoms with Gasteiger partial charge >= 0.3 is 0 Å². The third-order valence-electron chi connectivity index (χ3n) is 3.19. The third kappa shape index (κ3) is 3.55. The summed E-state index contributed by atoms with van der Waals surface area (Å²) in [6.45, 7) is 10.2. The number of nitrogens with zero attached hydrogens (tertiary/aromatic N) is 3. The zero-order chi connectivity index (χ0) is 14.0. The molecule has 2 aromatic heterocycles. The maximum atomic E-state index is 9.93. The van der Waals surface area contributed by atoms with Crippen LogP contribution >= 0.6 is 0 Å². The molecule has 0 aliphatic rings. The number of likely N-dealkylation sites (N-methyl/N-ethyl adjacent to an activating group) is 1. The van der Waals surface area contributed by atoms with Gasteiger partial charge in [-0.2, -0.15) is 0 Å². The van der Waals surface area contributed by atoms with E-state index in [2.05, 4.69) is 46.5 Å². The lowest BCUT2D eigenvalue weighted by Crippen LogP contribution is -2.38. The van der Waals surface area contributed by atoms with Crippen LogP contribution in [0.4, 0.5) is 0 Å². The van der Waals surface area contributed by atoms with E-state index in [-0.39, 0.29) is 0 Å². The van der Waals surface area contributed by atoms with Crippen molar-refractivity contribution in [3.63, 3.8) is 0 Å². The van der Waals surface area contributed by atoms with E-state index in [4.69, 9.17) is 0 Å². The van der Waals surface area contributed by atoms with Crippen molar-refractivity contribution in [2.75, 3.05) is 13.1 Å². The van der Waals surface area contributed by atoms with Gasteiger partial charge in [0.05, 0.1) is 17.5 Å². The maximum Gasteiger partial charge on any atom is 0.137 e. The minimum atomic E-state index is -0.674. The second-order valence-corrected chi connectivity index (χ2v) is 5.80. The summed E-state index contributed by atoms with van der Waals surface area (Å²) in [7, 11) is 0. The molecule has 0 atom stereocenters. The van der Waals surface area contributed by atoms with Gasteiger partial charge in [0.15, 0.2) is 0 Å². The number of aliphatic hydroxyl groups is 1. The number of pyridine rings is 1. The van der Waals surface area contributed by atoms with E-state index in [1.165, 1.54) is 5.56 Å². The smallest absolute Gasteiger partial charge is 0.137 e.